The number of hydrogen-bond acceptors (Lipinski definition) is 4. The van der Waals surface area contributed by atoms with Crippen molar-refractivity contribution in [2.45, 2.75) is 4.90 Å². The maximum Gasteiger partial charge on any atom is 0.243 e. The minimum atomic E-state index is -3.55. The van der Waals surface area contributed by atoms with Gasteiger partial charge in [-0.05, 0) is 36.4 Å². The van der Waals surface area contributed by atoms with E-state index in [9.17, 15) is 13.2 Å². The molecule has 0 spiro atoms. The topological polar surface area (TPSA) is 78.5 Å². The van der Waals surface area contributed by atoms with Crippen molar-refractivity contribution in [1.29, 1.82) is 0 Å². The molecule has 0 aliphatic carbocycles. The Kier molecular flexibility index (Phi) is 6.79. The average Bonchev–Trinajstić information content (AvgIpc) is 2.62. The van der Waals surface area contributed by atoms with E-state index in [-0.39, 0.29) is 23.9 Å². The lowest BCUT2D eigenvalue weighted by molar-refractivity contribution is -0.114. The highest BCUT2D eigenvalue weighted by molar-refractivity contribution is 7.89. The van der Waals surface area contributed by atoms with Gasteiger partial charge in [0.05, 0.1) is 22.2 Å². The molecule has 0 fully saturated rings. The van der Waals surface area contributed by atoms with Crippen LogP contribution < -0.4 is 10.6 Å². The van der Waals surface area contributed by atoms with Gasteiger partial charge in [0.25, 0.3) is 0 Å². The normalized spacial score (nSPS) is 11.2. The predicted molar refractivity (Wildman–Crippen MR) is 105 cm³/mol. The van der Waals surface area contributed by atoms with Crippen molar-refractivity contribution in [3.8, 4) is 0 Å². The molecule has 0 aliphatic rings. The van der Waals surface area contributed by atoms with Gasteiger partial charge in [0, 0.05) is 19.3 Å². The summed E-state index contributed by atoms with van der Waals surface area (Å²) in [5.41, 5.74) is 1.16. The summed E-state index contributed by atoms with van der Waals surface area (Å²) < 4.78 is 25.8. The molecule has 8 heteroatoms. The third kappa shape index (κ3) is 5.08. The summed E-state index contributed by atoms with van der Waals surface area (Å²) in [5.74, 6) is -0.263. The van der Waals surface area contributed by atoms with E-state index in [1.165, 1.54) is 29.6 Å². The van der Waals surface area contributed by atoms with E-state index in [0.717, 1.165) is 0 Å². The highest BCUT2D eigenvalue weighted by Gasteiger charge is 2.19. The minimum Gasteiger partial charge on any atom is -0.376 e. The van der Waals surface area contributed by atoms with E-state index >= 15 is 0 Å². The van der Waals surface area contributed by atoms with Gasteiger partial charge in [0.1, 0.15) is 0 Å². The second-order valence-corrected chi connectivity index (χ2v) is 7.93. The van der Waals surface area contributed by atoms with E-state index in [0.29, 0.717) is 16.4 Å². The number of rotatable bonds is 8. The number of nitrogens with one attached hydrogen (secondary N) is 2. The predicted octanol–water partition coefficient (Wildman–Crippen LogP) is 3.20. The molecule has 2 aromatic carbocycles. The maximum absolute atomic E-state index is 12.3. The molecule has 138 valence electrons. The Morgan fingerprint density at radius 3 is 2.46 bits per heavy atom. The van der Waals surface area contributed by atoms with Crippen LogP contribution in [0.1, 0.15) is 0 Å². The first-order chi connectivity index (χ1) is 12.3. The number of nitrogens with zero attached hydrogens (tertiary/aromatic N) is 1. The van der Waals surface area contributed by atoms with Crippen LogP contribution in [0.5, 0.6) is 0 Å². The first-order valence-corrected chi connectivity index (χ1v) is 9.62. The molecule has 1 amide bonds. The van der Waals surface area contributed by atoms with Gasteiger partial charge in [-0.2, -0.15) is 4.31 Å². The van der Waals surface area contributed by atoms with Gasteiger partial charge >= 0.3 is 0 Å². The fourth-order valence-corrected chi connectivity index (χ4v) is 3.47. The van der Waals surface area contributed by atoms with Gasteiger partial charge in [-0.25, -0.2) is 8.42 Å². The molecule has 0 radical (unpaired) electrons. The number of carbonyl (C=O) groups is 1. The van der Waals surface area contributed by atoms with E-state index in [1.807, 2.05) is 0 Å². The fraction of sp³-hybridized carbons (Fsp3) is 0.167. The second kappa shape index (κ2) is 8.84. The average molecular weight is 394 g/mol. The molecule has 0 aliphatic heterocycles. The lowest BCUT2D eigenvalue weighted by Crippen LogP contribution is -2.27. The number of amides is 1. The van der Waals surface area contributed by atoms with Crippen molar-refractivity contribution in [3.05, 3.63) is 66.2 Å². The van der Waals surface area contributed by atoms with Gasteiger partial charge in [-0.1, -0.05) is 29.8 Å². The number of halogens is 1. The summed E-state index contributed by atoms with van der Waals surface area (Å²) >= 11 is 5.99. The molecule has 0 heterocycles. The number of carbonyl (C=O) groups excluding carboxylic acids is 1. The minimum absolute atomic E-state index is 0.0215. The lowest BCUT2D eigenvalue weighted by atomic mass is 10.3. The Morgan fingerprint density at radius 1 is 1.19 bits per heavy atom. The Bertz CT molecular complexity index is 883. The summed E-state index contributed by atoms with van der Waals surface area (Å²) in [7, 11) is -2.07. The smallest absolute Gasteiger partial charge is 0.243 e. The summed E-state index contributed by atoms with van der Waals surface area (Å²) in [6, 6.07) is 13.1. The molecule has 0 unspecified atom stereocenters. The van der Waals surface area contributed by atoms with Crippen molar-refractivity contribution in [2.24, 2.45) is 0 Å². The molecule has 6 nitrogen and oxygen atoms in total. The number of likely N-dealkylation sites (N-methyl/N-ethyl adjacent to an activating group) is 1. The first kappa shape index (κ1) is 20.0. The Balaban J connectivity index is 1.96. The van der Waals surface area contributed by atoms with E-state index in [4.69, 9.17) is 11.6 Å². The van der Waals surface area contributed by atoms with Crippen molar-refractivity contribution < 1.29 is 13.2 Å². The van der Waals surface area contributed by atoms with Crippen LogP contribution in [0, 0.1) is 0 Å². The Morgan fingerprint density at radius 2 is 1.85 bits per heavy atom. The summed E-state index contributed by atoms with van der Waals surface area (Å²) in [4.78, 5) is 12.2. The molecule has 0 saturated carbocycles. The van der Waals surface area contributed by atoms with E-state index in [2.05, 4.69) is 17.2 Å². The van der Waals surface area contributed by atoms with Crippen LogP contribution in [0.25, 0.3) is 0 Å². The van der Waals surface area contributed by atoms with Crippen LogP contribution in [0.15, 0.2) is 66.1 Å². The fourth-order valence-electron chi connectivity index (χ4n) is 2.14. The van der Waals surface area contributed by atoms with Crippen LogP contribution in [-0.4, -0.2) is 38.8 Å². The number of benzene rings is 2. The molecule has 0 saturated heterocycles. The van der Waals surface area contributed by atoms with E-state index < -0.39 is 10.0 Å². The van der Waals surface area contributed by atoms with Crippen molar-refractivity contribution in [3.63, 3.8) is 0 Å². The summed E-state index contributed by atoms with van der Waals surface area (Å²) in [5, 5.41) is 6.09. The van der Waals surface area contributed by atoms with Crippen LogP contribution in [-0.2, 0) is 14.8 Å². The maximum atomic E-state index is 12.3. The third-order valence-electron chi connectivity index (χ3n) is 3.55. The van der Waals surface area contributed by atoms with Crippen LogP contribution in [0.3, 0.4) is 0 Å². The number of hydrogen-bond donors (Lipinski definition) is 2. The molecule has 2 rings (SSSR count). The van der Waals surface area contributed by atoms with Crippen molar-refractivity contribution in [2.75, 3.05) is 30.8 Å². The van der Waals surface area contributed by atoms with Crippen LogP contribution >= 0.6 is 11.6 Å². The molecular weight excluding hydrogens is 374 g/mol. The standard InChI is InChI=1S/C18H20ClN3O3S/c1-3-12-22(2)26(24,25)15-10-8-14(9-11-15)20-13-18(23)21-17-7-5-4-6-16(17)19/h3-11,20H,1,12-13H2,2H3,(H,21,23). The zero-order valence-corrected chi connectivity index (χ0v) is 15.8. The van der Waals surface area contributed by atoms with Crippen LogP contribution in [0.2, 0.25) is 5.02 Å². The first-order valence-electron chi connectivity index (χ1n) is 7.80. The van der Waals surface area contributed by atoms with Gasteiger partial charge < -0.3 is 10.6 Å². The lowest BCUT2D eigenvalue weighted by Gasteiger charge is -2.15. The zero-order valence-electron chi connectivity index (χ0n) is 14.3. The summed E-state index contributed by atoms with van der Waals surface area (Å²) in [6.07, 6.45) is 1.52. The molecular formula is C18H20ClN3O3S. The Hall–Kier alpha value is -2.35. The van der Waals surface area contributed by atoms with Gasteiger partial charge in [0.2, 0.25) is 15.9 Å². The SMILES string of the molecule is C=CCN(C)S(=O)(=O)c1ccc(NCC(=O)Nc2ccccc2Cl)cc1. The molecule has 0 atom stereocenters. The van der Waals surface area contributed by atoms with E-state index in [1.54, 1.807) is 36.4 Å². The monoisotopic (exact) mass is 393 g/mol. The van der Waals surface area contributed by atoms with Gasteiger partial charge in [-0.15, -0.1) is 6.58 Å². The molecule has 2 aromatic rings. The van der Waals surface area contributed by atoms with Crippen molar-refractivity contribution in [1.82, 2.24) is 4.31 Å². The molecule has 26 heavy (non-hydrogen) atoms. The number of sulfonamides is 1. The molecule has 0 bridgehead atoms. The number of anilines is 2. The highest BCUT2D eigenvalue weighted by Crippen LogP contribution is 2.20. The highest BCUT2D eigenvalue weighted by atomic mass is 35.5. The van der Waals surface area contributed by atoms with Gasteiger partial charge in [0.15, 0.2) is 0 Å². The second-order valence-electron chi connectivity index (χ2n) is 5.48. The molecule has 0 aromatic heterocycles. The van der Waals surface area contributed by atoms with Gasteiger partial charge in [-0.3, -0.25) is 4.79 Å². The Labute approximate surface area is 158 Å². The number of para-hydroxylation sites is 1. The quantitative estimate of drug-likeness (QED) is 0.675. The van der Waals surface area contributed by atoms with Crippen molar-refractivity contribution >= 4 is 38.9 Å². The zero-order chi connectivity index (χ0) is 19.2. The summed E-state index contributed by atoms with van der Waals surface area (Å²) in [6.45, 7) is 3.78. The molecule has 2 N–H and O–H groups in total. The van der Waals surface area contributed by atoms with Crippen LogP contribution in [0.4, 0.5) is 11.4 Å². The third-order valence-corrected chi connectivity index (χ3v) is 5.72. The largest absolute Gasteiger partial charge is 0.376 e.